The van der Waals surface area contributed by atoms with Gasteiger partial charge in [0.05, 0.1) is 6.10 Å². The highest BCUT2D eigenvalue weighted by molar-refractivity contribution is 4.87. The quantitative estimate of drug-likeness (QED) is 0.711. The Balaban J connectivity index is 1.83. The molecule has 2 aliphatic carbocycles. The molecule has 0 radical (unpaired) electrons. The van der Waals surface area contributed by atoms with Crippen LogP contribution in [0.3, 0.4) is 0 Å². The van der Waals surface area contributed by atoms with E-state index in [9.17, 15) is 5.11 Å². The number of hydrogen-bond donors (Lipinski definition) is 1. The number of fused-ring (bicyclic) bond motifs is 1. The first-order chi connectivity index (χ1) is 7.81. The number of rotatable bonds is 4. The summed E-state index contributed by atoms with van der Waals surface area (Å²) in [5.74, 6) is 2.83. The summed E-state index contributed by atoms with van der Waals surface area (Å²) < 4.78 is 0. The molecule has 4 unspecified atom stereocenters. The van der Waals surface area contributed by atoms with Crippen molar-refractivity contribution < 1.29 is 5.11 Å². The molecule has 2 aliphatic rings. The van der Waals surface area contributed by atoms with Crippen molar-refractivity contribution in [1.29, 1.82) is 0 Å². The fraction of sp³-hybridized carbons (Fsp3) is 1.00. The van der Waals surface area contributed by atoms with Crippen molar-refractivity contribution >= 4 is 0 Å². The number of aliphatic hydroxyl groups excluding tert-OH is 1. The van der Waals surface area contributed by atoms with Gasteiger partial charge >= 0.3 is 0 Å². The van der Waals surface area contributed by atoms with Gasteiger partial charge in [-0.05, 0) is 37.0 Å². The van der Waals surface area contributed by atoms with Gasteiger partial charge in [0, 0.05) is 0 Å². The second-order valence-electron chi connectivity index (χ2n) is 6.08. The van der Waals surface area contributed by atoms with E-state index in [-0.39, 0.29) is 6.10 Å². The smallest absolute Gasteiger partial charge is 0.0543 e. The summed E-state index contributed by atoms with van der Waals surface area (Å²) in [4.78, 5) is 0. The van der Waals surface area contributed by atoms with Gasteiger partial charge in [-0.15, -0.1) is 0 Å². The highest BCUT2D eigenvalue weighted by atomic mass is 16.3. The summed E-state index contributed by atoms with van der Waals surface area (Å²) >= 11 is 0. The number of unbranched alkanes of at least 4 members (excludes halogenated alkanes) is 2. The van der Waals surface area contributed by atoms with E-state index in [1.165, 1.54) is 51.4 Å². The molecule has 0 bridgehead atoms. The van der Waals surface area contributed by atoms with Crippen LogP contribution in [0.5, 0.6) is 0 Å². The monoisotopic (exact) mass is 224 g/mol. The lowest BCUT2D eigenvalue weighted by molar-refractivity contribution is 0.0186. The lowest BCUT2D eigenvalue weighted by Crippen LogP contribution is -2.35. The minimum absolute atomic E-state index is 0.0237. The topological polar surface area (TPSA) is 20.2 Å². The lowest BCUT2D eigenvalue weighted by atomic mass is 9.64. The van der Waals surface area contributed by atoms with Crippen LogP contribution in [-0.4, -0.2) is 11.2 Å². The molecule has 0 amide bonds. The maximum atomic E-state index is 9.75. The SMILES string of the molecule is CCCCCC1CCCC2CC(O)CCC12. The standard InChI is InChI=1S/C15H28O/c1-2-3-4-6-12-7-5-8-13-11-14(16)9-10-15(12)13/h12-16H,2-11H2,1H3. The summed E-state index contributed by atoms with van der Waals surface area (Å²) in [6, 6.07) is 0. The molecule has 1 heteroatoms. The zero-order chi connectivity index (χ0) is 11.4. The summed E-state index contributed by atoms with van der Waals surface area (Å²) in [5, 5.41) is 9.75. The van der Waals surface area contributed by atoms with Crippen LogP contribution in [0.2, 0.25) is 0 Å². The third-order valence-corrected chi connectivity index (χ3v) is 4.95. The fourth-order valence-electron chi connectivity index (χ4n) is 4.09. The Bertz CT molecular complexity index is 202. The zero-order valence-electron chi connectivity index (χ0n) is 10.8. The van der Waals surface area contributed by atoms with E-state index in [4.69, 9.17) is 0 Å². The molecule has 0 heterocycles. The zero-order valence-corrected chi connectivity index (χ0v) is 10.8. The molecule has 1 nitrogen and oxygen atoms in total. The van der Waals surface area contributed by atoms with Crippen LogP contribution < -0.4 is 0 Å². The Morgan fingerprint density at radius 2 is 1.94 bits per heavy atom. The van der Waals surface area contributed by atoms with Crippen molar-refractivity contribution in [3.8, 4) is 0 Å². The third kappa shape index (κ3) is 3.00. The van der Waals surface area contributed by atoms with Crippen molar-refractivity contribution in [2.45, 2.75) is 77.2 Å². The second kappa shape index (κ2) is 6.05. The maximum Gasteiger partial charge on any atom is 0.0543 e. The van der Waals surface area contributed by atoms with Gasteiger partial charge in [-0.2, -0.15) is 0 Å². The summed E-state index contributed by atoms with van der Waals surface area (Å²) in [5.41, 5.74) is 0. The molecule has 0 saturated heterocycles. The van der Waals surface area contributed by atoms with Crippen molar-refractivity contribution in [1.82, 2.24) is 0 Å². The van der Waals surface area contributed by atoms with E-state index < -0.39 is 0 Å². The van der Waals surface area contributed by atoms with Crippen LogP contribution in [0.1, 0.15) is 71.1 Å². The third-order valence-electron chi connectivity index (χ3n) is 4.95. The van der Waals surface area contributed by atoms with Crippen molar-refractivity contribution in [3.05, 3.63) is 0 Å². The first-order valence-corrected chi connectivity index (χ1v) is 7.49. The first kappa shape index (κ1) is 12.4. The average Bonchev–Trinajstić information content (AvgIpc) is 2.29. The van der Waals surface area contributed by atoms with Crippen molar-refractivity contribution in [2.75, 3.05) is 0 Å². The molecule has 4 atom stereocenters. The van der Waals surface area contributed by atoms with Crippen LogP contribution in [0.15, 0.2) is 0 Å². The molecule has 0 aromatic rings. The van der Waals surface area contributed by atoms with Crippen LogP contribution in [0.25, 0.3) is 0 Å². The molecule has 0 aromatic heterocycles. The largest absolute Gasteiger partial charge is 0.393 e. The summed E-state index contributed by atoms with van der Waals surface area (Å²) in [6.45, 7) is 2.29. The number of hydrogen-bond acceptors (Lipinski definition) is 1. The van der Waals surface area contributed by atoms with E-state index in [0.717, 1.165) is 30.6 Å². The maximum absolute atomic E-state index is 9.75. The normalized spacial score (nSPS) is 39.4. The van der Waals surface area contributed by atoms with Gasteiger partial charge in [0.1, 0.15) is 0 Å². The predicted molar refractivity (Wildman–Crippen MR) is 68.3 cm³/mol. The van der Waals surface area contributed by atoms with Gasteiger partial charge in [-0.25, -0.2) is 0 Å². The molecule has 2 saturated carbocycles. The van der Waals surface area contributed by atoms with E-state index >= 15 is 0 Å². The minimum atomic E-state index is 0.0237. The number of aliphatic hydroxyl groups is 1. The van der Waals surface area contributed by atoms with E-state index in [2.05, 4.69) is 6.92 Å². The Morgan fingerprint density at radius 3 is 2.75 bits per heavy atom. The molecule has 2 rings (SSSR count). The highest BCUT2D eigenvalue weighted by Gasteiger charge is 2.36. The van der Waals surface area contributed by atoms with Gasteiger partial charge < -0.3 is 5.11 Å². The van der Waals surface area contributed by atoms with Gasteiger partial charge in [0.15, 0.2) is 0 Å². The van der Waals surface area contributed by atoms with E-state index in [0.29, 0.717) is 0 Å². The average molecular weight is 224 g/mol. The molecule has 16 heavy (non-hydrogen) atoms. The molecule has 0 aromatic carbocycles. The minimum Gasteiger partial charge on any atom is -0.393 e. The molecular formula is C15H28O. The molecule has 2 fully saturated rings. The molecule has 0 spiro atoms. The van der Waals surface area contributed by atoms with Crippen molar-refractivity contribution in [2.24, 2.45) is 17.8 Å². The molecule has 1 N–H and O–H groups in total. The van der Waals surface area contributed by atoms with E-state index in [1.807, 2.05) is 0 Å². The second-order valence-corrected chi connectivity index (χ2v) is 6.08. The first-order valence-electron chi connectivity index (χ1n) is 7.49. The van der Waals surface area contributed by atoms with Crippen LogP contribution in [0.4, 0.5) is 0 Å². The summed E-state index contributed by atoms with van der Waals surface area (Å²) in [6.07, 6.45) is 13.5. The van der Waals surface area contributed by atoms with Crippen LogP contribution >= 0.6 is 0 Å². The fourth-order valence-corrected chi connectivity index (χ4v) is 4.09. The Kier molecular flexibility index (Phi) is 4.69. The van der Waals surface area contributed by atoms with E-state index in [1.54, 1.807) is 0 Å². The lowest BCUT2D eigenvalue weighted by Gasteiger charge is -2.43. The highest BCUT2D eigenvalue weighted by Crippen LogP contribution is 2.45. The predicted octanol–water partition coefficient (Wildman–Crippen LogP) is 4.14. The Labute approximate surface area is 101 Å². The van der Waals surface area contributed by atoms with Gasteiger partial charge in [-0.3, -0.25) is 0 Å². The Morgan fingerprint density at radius 1 is 1.06 bits per heavy atom. The molecule has 0 aliphatic heterocycles. The van der Waals surface area contributed by atoms with Crippen molar-refractivity contribution in [3.63, 3.8) is 0 Å². The van der Waals surface area contributed by atoms with Crippen LogP contribution in [0, 0.1) is 17.8 Å². The Hall–Kier alpha value is -0.0400. The van der Waals surface area contributed by atoms with Crippen LogP contribution in [-0.2, 0) is 0 Å². The molecule has 94 valence electrons. The molecular weight excluding hydrogens is 196 g/mol. The van der Waals surface area contributed by atoms with Gasteiger partial charge in [-0.1, -0.05) is 51.9 Å². The summed E-state index contributed by atoms with van der Waals surface area (Å²) in [7, 11) is 0. The van der Waals surface area contributed by atoms with Gasteiger partial charge in [0.2, 0.25) is 0 Å². The van der Waals surface area contributed by atoms with Gasteiger partial charge in [0.25, 0.3) is 0 Å².